The second kappa shape index (κ2) is 6.70. The highest BCUT2D eigenvalue weighted by atomic mass is 35.5. The molecule has 2 amide bonds. The van der Waals surface area contributed by atoms with Crippen LogP contribution in [-0.2, 0) is 4.79 Å². The fraction of sp³-hybridized carbons (Fsp3) is 0.500. The predicted molar refractivity (Wildman–Crippen MR) is 76.6 cm³/mol. The van der Waals surface area contributed by atoms with E-state index < -0.39 is 0 Å². The molecule has 20 heavy (non-hydrogen) atoms. The van der Waals surface area contributed by atoms with E-state index in [9.17, 15) is 9.59 Å². The van der Waals surface area contributed by atoms with Crippen LogP contribution in [0.1, 0.15) is 30.1 Å². The third-order valence-corrected chi connectivity index (χ3v) is 3.79. The number of carbonyl (C=O) groups excluding carboxylic acids is 2. The van der Waals surface area contributed by atoms with Crippen LogP contribution in [0.4, 0.5) is 0 Å². The Bertz CT molecular complexity index is 499. The molecule has 108 valence electrons. The highest BCUT2D eigenvalue weighted by Gasteiger charge is 2.28. The van der Waals surface area contributed by atoms with Crippen molar-refractivity contribution in [2.45, 2.75) is 19.8 Å². The SMILES string of the molecule is CCNC(=O)C1CCN(C(=O)c2cccnc2Cl)CC1. The number of likely N-dealkylation sites (tertiary alicyclic amines) is 1. The molecule has 0 atom stereocenters. The van der Waals surface area contributed by atoms with Gasteiger partial charge in [0.1, 0.15) is 5.15 Å². The first-order valence-electron chi connectivity index (χ1n) is 6.81. The lowest BCUT2D eigenvalue weighted by molar-refractivity contribution is -0.126. The summed E-state index contributed by atoms with van der Waals surface area (Å²) in [5, 5.41) is 3.05. The number of nitrogens with zero attached hydrogens (tertiary/aromatic N) is 2. The van der Waals surface area contributed by atoms with Crippen LogP contribution < -0.4 is 5.32 Å². The van der Waals surface area contributed by atoms with Gasteiger partial charge in [0.15, 0.2) is 0 Å². The zero-order chi connectivity index (χ0) is 14.5. The number of halogens is 1. The molecule has 2 heterocycles. The smallest absolute Gasteiger partial charge is 0.256 e. The Kier molecular flexibility index (Phi) is 4.95. The number of hydrogen-bond donors (Lipinski definition) is 1. The van der Waals surface area contributed by atoms with E-state index in [0.717, 1.165) is 0 Å². The Balaban J connectivity index is 1.96. The summed E-state index contributed by atoms with van der Waals surface area (Å²) in [5.74, 6) is -0.0279. The zero-order valence-electron chi connectivity index (χ0n) is 11.4. The van der Waals surface area contributed by atoms with Gasteiger partial charge in [0.05, 0.1) is 5.56 Å². The summed E-state index contributed by atoms with van der Waals surface area (Å²) < 4.78 is 0. The summed E-state index contributed by atoms with van der Waals surface area (Å²) in [6, 6.07) is 3.37. The molecule has 1 aliphatic rings. The van der Waals surface area contributed by atoms with Crippen molar-refractivity contribution in [3.63, 3.8) is 0 Å². The molecule has 0 aromatic carbocycles. The first kappa shape index (κ1) is 14.8. The fourth-order valence-corrected chi connectivity index (χ4v) is 2.58. The van der Waals surface area contributed by atoms with Crippen molar-refractivity contribution >= 4 is 23.4 Å². The molecule has 1 aromatic heterocycles. The molecule has 1 aromatic rings. The molecule has 1 aliphatic heterocycles. The van der Waals surface area contributed by atoms with E-state index in [1.165, 1.54) is 0 Å². The molecule has 0 spiro atoms. The second-order valence-electron chi connectivity index (χ2n) is 4.80. The zero-order valence-corrected chi connectivity index (χ0v) is 12.2. The van der Waals surface area contributed by atoms with E-state index in [1.807, 2.05) is 6.92 Å². The van der Waals surface area contributed by atoms with Crippen LogP contribution in [0.2, 0.25) is 5.15 Å². The van der Waals surface area contributed by atoms with Crippen LogP contribution in [0.3, 0.4) is 0 Å². The second-order valence-corrected chi connectivity index (χ2v) is 5.16. The lowest BCUT2D eigenvalue weighted by Gasteiger charge is -2.31. The first-order valence-corrected chi connectivity index (χ1v) is 7.18. The van der Waals surface area contributed by atoms with Gasteiger partial charge in [0.2, 0.25) is 5.91 Å². The molecule has 0 bridgehead atoms. The molecule has 0 radical (unpaired) electrons. The highest BCUT2D eigenvalue weighted by molar-refractivity contribution is 6.32. The van der Waals surface area contributed by atoms with Gasteiger partial charge in [-0.25, -0.2) is 4.98 Å². The summed E-state index contributed by atoms with van der Waals surface area (Å²) in [5.41, 5.74) is 0.422. The minimum absolute atomic E-state index is 0.00312. The average molecular weight is 296 g/mol. The van der Waals surface area contributed by atoms with E-state index in [2.05, 4.69) is 10.3 Å². The Morgan fingerprint density at radius 1 is 1.45 bits per heavy atom. The minimum Gasteiger partial charge on any atom is -0.356 e. The lowest BCUT2D eigenvalue weighted by Crippen LogP contribution is -2.43. The van der Waals surface area contributed by atoms with E-state index in [4.69, 9.17) is 11.6 Å². The number of carbonyl (C=O) groups is 2. The standard InChI is InChI=1S/C14H18ClN3O2/c1-2-16-13(19)10-5-8-18(9-6-10)14(20)11-4-3-7-17-12(11)15/h3-4,7,10H,2,5-6,8-9H2,1H3,(H,16,19). The highest BCUT2D eigenvalue weighted by Crippen LogP contribution is 2.21. The first-order chi connectivity index (χ1) is 9.63. The fourth-order valence-electron chi connectivity index (χ4n) is 2.38. The van der Waals surface area contributed by atoms with Gasteiger partial charge in [0.25, 0.3) is 5.91 Å². The van der Waals surface area contributed by atoms with Crippen molar-refractivity contribution < 1.29 is 9.59 Å². The normalized spacial score (nSPS) is 16.0. The van der Waals surface area contributed by atoms with E-state index in [1.54, 1.807) is 23.2 Å². The van der Waals surface area contributed by atoms with Crippen molar-refractivity contribution in [2.75, 3.05) is 19.6 Å². The summed E-state index contributed by atoms with van der Waals surface area (Å²) in [6.07, 6.45) is 2.94. The Hall–Kier alpha value is -1.62. The molecule has 0 unspecified atom stereocenters. The van der Waals surface area contributed by atoms with E-state index in [-0.39, 0.29) is 22.9 Å². The Morgan fingerprint density at radius 3 is 2.75 bits per heavy atom. The number of piperidine rings is 1. The number of aromatic nitrogens is 1. The van der Waals surface area contributed by atoms with Gasteiger partial charge in [-0.05, 0) is 31.9 Å². The quantitative estimate of drug-likeness (QED) is 0.864. The number of nitrogens with one attached hydrogen (secondary N) is 1. The topological polar surface area (TPSA) is 62.3 Å². The van der Waals surface area contributed by atoms with Crippen LogP contribution >= 0.6 is 11.6 Å². The maximum absolute atomic E-state index is 12.3. The number of rotatable bonds is 3. The average Bonchev–Trinajstić information content (AvgIpc) is 2.47. The molecule has 0 aliphatic carbocycles. The molecule has 6 heteroatoms. The van der Waals surface area contributed by atoms with Crippen molar-refractivity contribution in [2.24, 2.45) is 5.92 Å². The van der Waals surface area contributed by atoms with Gasteiger partial charge in [-0.2, -0.15) is 0 Å². The van der Waals surface area contributed by atoms with Crippen LogP contribution in [0.15, 0.2) is 18.3 Å². The number of pyridine rings is 1. The number of amides is 2. The van der Waals surface area contributed by atoms with Crippen molar-refractivity contribution in [1.29, 1.82) is 0 Å². The third kappa shape index (κ3) is 3.28. The molecule has 1 saturated heterocycles. The van der Waals surface area contributed by atoms with Crippen LogP contribution in [-0.4, -0.2) is 41.3 Å². The number of hydrogen-bond acceptors (Lipinski definition) is 3. The molecule has 5 nitrogen and oxygen atoms in total. The van der Waals surface area contributed by atoms with E-state index in [0.29, 0.717) is 38.0 Å². The largest absolute Gasteiger partial charge is 0.356 e. The van der Waals surface area contributed by atoms with Gasteiger partial charge in [-0.1, -0.05) is 11.6 Å². The molecule has 1 fully saturated rings. The maximum atomic E-state index is 12.3. The van der Waals surface area contributed by atoms with Crippen LogP contribution in [0, 0.1) is 5.92 Å². The maximum Gasteiger partial charge on any atom is 0.256 e. The van der Waals surface area contributed by atoms with E-state index >= 15 is 0 Å². The third-order valence-electron chi connectivity index (χ3n) is 3.49. The van der Waals surface area contributed by atoms with Crippen LogP contribution in [0.5, 0.6) is 0 Å². The van der Waals surface area contributed by atoms with Crippen LogP contribution in [0.25, 0.3) is 0 Å². The Morgan fingerprint density at radius 2 is 2.15 bits per heavy atom. The predicted octanol–water partition coefficient (Wildman–Crippen LogP) is 1.72. The lowest BCUT2D eigenvalue weighted by atomic mass is 9.95. The van der Waals surface area contributed by atoms with Gasteiger partial charge in [-0.3, -0.25) is 9.59 Å². The summed E-state index contributed by atoms with van der Waals surface area (Å²) in [4.78, 5) is 29.7. The van der Waals surface area contributed by atoms with Gasteiger partial charge >= 0.3 is 0 Å². The summed E-state index contributed by atoms with van der Waals surface area (Å²) in [7, 11) is 0. The summed E-state index contributed by atoms with van der Waals surface area (Å²) in [6.45, 7) is 3.70. The van der Waals surface area contributed by atoms with Crippen molar-refractivity contribution in [3.8, 4) is 0 Å². The summed E-state index contributed by atoms with van der Waals surface area (Å²) >= 11 is 5.94. The van der Waals surface area contributed by atoms with Crippen molar-refractivity contribution in [3.05, 3.63) is 29.0 Å². The van der Waals surface area contributed by atoms with Gasteiger partial charge in [0, 0.05) is 31.7 Å². The monoisotopic (exact) mass is 295 g/mol. The minimum atomic E-state index is -0.113. The van der Waals surface area contributed by atoms with Gasteiger partial charge < -0.3 is 10.2 Å². The van der Waals surface area contributed by atoms with Crippen molar-refractivity contribution in [1.82, 2.24) is 15.2 Å². The molecular weight excluding hydrogens is 278 g/mol. The molecule has 2 rings (SSSR count). The molecule has 1 N–H and O–H groups in total. The molecule has 0 saturated carbocycles. The molecular formula is C14H18ClN3O2. The van der Waals surface area contributed by atoms with Gasteiger partial charge in [-0.15, -0.1) is 0 Å². The Labute approximate surface area is 123 Å².